The van der Waals surface area contributed by atoms with Gasteiger partial charge in [0.1, 0.15) is 5.66 Å². The highest BCUT2D eigenvalue weighted by atomic mass is 35.5. The summed E-state index contributed by atoms with van der Waals surface area (Å²) in [6.45, 7) is 3.41. The van der Waals surface area contributed by atoms with Gasteiger partial charge in [0.05, 0.1) is 16.3 Å². The van der Waals surface area contributed by atoms with E-state index >= 15 is 0 Å². The molecular weight excluding hydrogens is 216 g/mol. The number of carbonyl (C=O) groups excluding carboxylic acids is 1. The fourth-order valence-corrected chi connectivity index (χ4v) is 1.84. The maximum atomic E-state index is 11.8. The lowest BCUT2D eigenvalue weighted by Crippen LogP contribution is -2.54. The molecule has 0 bridgehead atoms. The van der Waals surface area contributed by atoms with Gasteiger partial charge in [0, 0.05) is 0 Å². The van der Waals surface area contributed by atoms with Crippen LogP contribution in [0.25, 0.3) is 0 Å². The van der Waals surface area contributed by atoms with Crippen LogP contribution in [0.4, 0.5) is 5.69 Å². The summed E-state index contributed by atoms with van der Waals surface area (Å²) in [5, 5.41) is 13.7. The van der Waals surface area contributed by atoms with Crippen LogP contribution >= 0.6 is 11.6 Å². The van der Waals surface area contributed by atoms with Crippen LogP contribution in [0.15, 0.2) is 18.2 Å². The highest BCUT2D eigenvalue weighted by Gasteiger charge is 2.38. The summed E-state index contributed by atoms with van der Waals surface area (Å²) in [6.07, 6.45) is 0. The Morgan fingerprint density at radius 1 is 1.47 bits per heavy atom. The van der Waals surface area contributed by atoms with Crippen molar-refractivity contribution in [3.63, 3.8) is 0 Å². The first-order valence-corrected chi connectivity index (χ1v) is 4.91. The van der Waals surface area contributed by atoms with Crippen molar-refractivity contribution in [1.29, 1.82) is 0 Å². The molecular formula is C10H11ClN2O2. The molecule has 1 aliphatic rings. The summed E-state index contributed by atoms with van der Waals surface area (Å²) >= 11 is 5.90. The lowest BCUT2D eigenvalue weighted by molar-refractivity contribution is -0.113. The first kappa shape index (κ1) is 10.3. The number of hydroxylamine groups is 2. The van der Waals surface area contributed by atoms with Gasteiger partial charge in [-0.15, -0.1) is 0 Å². The van der Waals surface area contributed by atoms with Gasteiger partial charge in [-0.3, -0.25) is 10.0 Å². The van der Waals surface area contributed by atoms with Gasteiger partial charge in [-0.25, -0.2) is 0 Å². The summed E-state index contributed by atoms with van der Waals surface area (Å²) in [4.78, 5) is 11.8. The van der Waals surface area contributed by atoms with Crippen LogP contribution in [0.5, 0.6) is 0 Å². The fourth-order valence-electron chi connectivity index (χ4n) is 1.59. The Morgan fingerprint density at radius 2 is 2.13 bits per heavy atom. The van der Waals surface area contributed by atoms with E-state index in [4.69, 9.17) is 11.6 Å². The first-order chi connectivity index (χ1) is 6.93. The number of halogens is 1. The molecule has 2 N–H and O–H groups in total. The Morgan fingerprint density at radius 3 is 2.80 bits per heavy atom. The predicted octanol–water partition coefficient (Wildman–Crippen LogP) is 2.33. The zero-order valence-electron chi connectivity index (χ0n) is 8.41. The normalized spacial score (nSPS) is 18.4. The molecule has 1 aliphatic heterocycles. The van der Waals surface area contributed by atoms with Crippen LogP contribution in [-0.2, 0) is 0 Å². The summed E-state index contributed by atoms with van der Waals surface area (Å²) in [5.41, 5.74) is 0.123. The number of benzene rings is 1. The van der Waals surface area contributed by atoms with Crippen LogP contribution < -0.4 is 5.32 Å². The summed E-state index contributed by atoms with van der Waals surface area (Å²) in [6, 6.07) is 5.13. The zero-order valence-corrected chi connectivity index (χ0v) is 9.17. The highest BCUT2D eigenvalue weighted by molar-refractivity contribution is 6.34. The Labute approximate surface area is 92.4 Å². The number of nitrogens with zero attached hydrogens (tertiary/aromatic N) is 1. The number of anilines is 1. The molecule has 2 rings (SSSR count). The number of fused-ring (bicyclic) bond motifs is 1. The van der Waals surface area contributed by atoms with E-state index in [-0.39, 0.29) is 0 Å². The van der Waals surface area contributed by atoms with E-state index in [0.29, 0.717) is 21.3 Å². The van der Waals surface area contributed by atoms with Gasteiger partial charge in [0.2, 0.25) is 0 Å². The maximum absolute atomic E-state index is 11.8. The average Bonchev–Trinajstić information content (AvgIpc) is 2.13. The monoisotopic (exact) mass is 226 g/mol. The molecule has 0 spiro atoms. The van der Waals surface area contributed by atoms with Crippen molar-refractivity contribution in [3.8, 4) is 0 Å². The van der Waals surface area contributed by atoms with Gasteiger partial charge >= 0.3 is 0 Å². The van der Waals surface area contributed by atoms with Crippen LogP contribution in [0.2, 0.25) is 5.02 Å². The second kappa shape index (κ2) is 3.12. The Balaban J connectivity index is 2.61. The number of rotatable bonds is 0. The third-order valence-electron chi connectivity index (χ3n) is 2.39. The van der Waals surface area contributed by atoms with Gasteiger partial charge in [-0.2, -0.15) is 5.06 Å². The number of hydrogen-bond donors (Lipinski definition) is 2. The van der Waals surface area contributed by atoms with Crippen molar-refractivity contribution in [2.24, 2.45) is 0 Å². The zero-order chi connectivity index (χ0) is 11.2. The third-order valence-corrected chi connectivity index (χ3v) is 2.70. The molecule has 0 fully saturated rings. The van der Waals surface area contributed by atoms with E-state index in [1.807, 2.05) is 0 Å². The lowest BCUT2D eigenvalue weighted by atomic mass is 10.0. The molecule has 0 unspecified atom stereocenters. The highest BCUT2D eigenvalue weighted by Crippen LogP contribution is 2.33. The van der Waals surface area contributed by atoms with E-state index in [1.165, 1.54) is 0 Å². The fraction of sp³-hybridized carbons (Fsp3) is 0.300. The quantitative estimate of drug-likeness (QED) is 0.668. The second-order valence-electron chi connectivity index (χ2n) is 3.96. The van der Waals surface area contributed by atoms with Crippen LogP contribution in [0.1, 0.15) is 24.2 Å². The van der Waals surface area contributed by atoms with Crippen molar-refractivity contribution < 1.29 is 10.0 Å². The molecule has 0 aromatic heterocycles. The lowest BCUT2D eigenvalue weighted by Gasteiger charge is -2.39. The Kier molecular flexibility index (Phi) is 2.13. The van der Waals surface area contributed by atoms with Crippen LogP contribution in [0, 0.1) is 0 Å². The minimum absolute atomic E-state index is 0.306. The molecule has 0 atom stereocenters. The average molecular weight is 227 g/mol. The van der Waals surface area contributed by atoms with Crippen LogP contribution in [-0.4, -0.2) is 21.8 Å². The van der Waals surface area contributed by atoms with Gasteiger partial charge in [-0.05, 0) is 26.0 Å². The van der Waals surface area contributed by atoms with Crippen LogP contribution in [0.3, 0.4) is 0 Å². The predicted molar refractivity (Wildman–Crippen MR) is 57.1 cm³/mol. The van der Waals surface area contributed by atoms with E-state index in [0.717, 1.165) is 0 Å². The molecule has 1 heterocycles. The molecule has 5 heteroatoms. The first-order valence-electron chi connectivity index (χ1n) is 4.53. The van der Waals surface area contributed by atoms with Crippen molar-refractivity contribution in [2.45, 2.75) is 19.5 Å². The molecule has 4 nitrogen and oxygen atoms in total. The van der Waals surface area contributed by atoms with E-state index in [2.05, 4.69) is 5.32 Å². The van der Waals surface area contributed by atoms with Gasteiger partial charge in [0.25, 0.3) is 5.91 Å². The van der Waals surface area contributed by atoms with Gasteiger partial charge in [-0.1, -0.05) is 17.7 Å². The number of hydrogen-bond acceptors (Lipinski definition) is 3. The van der Waals surface area contributed by atoms with Crippen molar-refractivity contribution in [3.05, 3.63) is 28.8 Å². The standard InChI is InChI=1S/C10H11ClN2O2/c1-10(2)12-7-5-3-4-6(11)8(7)9(14)13(10)15/h3-5,12,15H,1-2H3. The smallest absolute Gasteiger partial charge is 0.283 e. The molecule has 1 aromatic rings. The molecule has 80 valence electrons. The molecule has 1 amide bonds. The van der Waals surface area contributed by atoms with Crippen molar-refractivity contribution in [1.82, 2.24) is 5.06 Å². The molecule has 1 aromatic carbocycles. The Bertz CT molecular complexity index is 431. The number of carbonyl (C=O) groups is 1. The van der Waals surface area contributed by atoms with Gasteiger partial charge < -0.3 is 5.32 Å². The molecule has 0 saturated carbocycles. The molecule has 0 aliphatic carbocycles. The summed E-state index contributed by atoms with van der Waals surface area (Å²) < 4.78 is 0. The van der Waals surface area contributed by atoms with Crippen molar-refractivity contribution >= 4 is 23.2 Å². The number of amides is 1. The summed E-state index contributed by atoms with van der Waals surface area (Å²) in [7, 11) is 0. The SMILES string of the molecule is CC1(C)Nc2cccc(Cl)c2C(=O)N1O. The minimum Gasteiger partial charge on any atom is -0.361 e. The minimum atomic E-state index is -0.825. The topological polar surface area (TPSA) is 52.6 Å². The largest absolute Gasteiger partial charge is 0.361 e. The third kappa shape index (κ3) is 1.46. The number of nitrogens with one attached hydrogen (secondary N) is 1. The van der Waals surface area contributed by atoms with Crippen molar-refractivity contribution in [2.75, 3.05) is 5.32 Å². The summed E-state index contributed by atoms with van der Waals surface area (Å²) in [5.74, 6) is -0.487. The van der Waals surface area contributed by atoms with E-state index < -0.39 is 11.6 Å². The van der Waals surface area contributed by atoms with E-state index in [1.54, 1.807) is 32.0 Å². The second-order valence-corrected chi connectivity index (χ2v) is 4.37. The Hall–Kier alpha value is -1.26. The molecule has 15 heavy (non-hydrogen) atoms. The molecule has 0 saturated heterocycles. The van der Waals surface area contributed by atoms with Gasteiger partial charge in [0.15, 0.2) is 0 Å². The molecule has 0 radical (unpaired) electrons. The maximum Gasteiger partial charge on any atom is 0.283 e. The van der Waals surface area contributed by atoms with E-state index in [9.17, 15) is 10.0 Å².